The van der Waals surface area contributed by atoms with Crippen LogP contribution in [0.2, 0.25) is 0 Å². The van der Waals surface area contributed by atoms with Crippen LogP contribution in [0.1, 0.15) is 68.7 Å². The Labute approximate surface area is 174 Å². The normalized spacial score (nSPS) is 18.0. The lowest BCUT2D eigenvalue weighted by Crippen LogP contribution is -2.27. The molecule has 5 rings (SSSR count). The van der Waals surface area contributed by atoms with Crippen molar-refractivity contribution in [3.05, 3.63) is 40.5 Å². The van der Waals surface area contributed by atoms with Gasteiger partial charge in [0, 0.05) is 22.4 Å². The van der Waals surface area contributed by atoms with Gasteiger partial charge in [-0.15, -0.1) is 0 Å². The minimum absolute atomic E-state index is 0.00388. The molecular formula is C26H33NO2. The van der Waals surface area contributed by atoms with Crippen molar-refractivity contribution >= 4 is 5.69 Å². The lowest BCUT2D eigenvalue weighted by molar-refractivity contribution is 0.172. The van der Waals surface area contributed by atoms with Gasteiger partial charge in [-0.3, -0.25) is 0 Å². The number of hydrogen-bond acceptors (Lipinski definition) is 3. The number of nitrogens with one attached hydrogen (secondary N) is 1. The van der Waals surface area contributed by atoms with Crippen LogP contribution in [0.25, 0.3) is 11.1 Å². The summed E-state index contributed by atoms with van der Waals surface area (Å²) < 4.78 is 12.4. The smallest absolute Gasteiger partial charge is 0.169 e. The first-order valence-corrected chi connectivity index (χ1v) is 11.4. The standard InChI is InChI=1S/C26H33NO2/c1-26(2,3)27-21-13-12-17-8-4-6-10-19(17)23(21)24-20-11-7-5-9-18(20)16-22-25(24)29-15-14-28-22/h12-13,16,27H,4-11,14-15H2,1-3H3. The monoisotopic (exact) mass is 391 g/mol. The second-order valence-corrected chi connectivity index (χ2v) is 9.83. The zero-order valence-corrected chi connectivity index (χ0v) is 18.1. The van der Waals surface area contributed by atoms with Gasteiger partial charge >= 0.3 is 0 Å². The predicted molar refractivity (Wildman–Crippen MR) is 120 cm³/mol. The molecule has 0 unspecified atom stereocenters. The molecule has 0 radical (unpaired) electrons. The average molecular weight is 392 g/mol. The van der Waals surface area contributed by atoms with Gasteiger partial charge in [-0.05, 0) is 107 Å². The van der Waals surface area contributed by atoms with Gasteiger partial charge in [0.1, 0.15) is 13.2 Å². The molecule has 0 atom stereocenters. The zero-order valence-electron chi connectivity index (χ0n) is 18.1. The van der Waals surface area contributed by atoms with Crippen molar-refractivity contribution in [2.24, 2.45) is 0 Å². The van der Waals surface area contributed by atoms with E-state index < -0.39 is 0 Å². The summed E-state index contributed by atoms with van der Waals surface area (Å²) in [6.07, 6.45) is 9.73. The Morgan fingerprint density at radius 2 is 1.41 bits per heavy atom. The fourth-order valence-corrected chi connectivity index (χ4v) is 5.29. The minimum Gasteiger partial charge on any atom is -0.486 e. The van der Waals surface area contributed by atoms with E-state index in [0.29, 0.717) is 13.2 Å². The molecule has 3 heteroatoms. The highest BCUT2D eigenvalue weighted by Crippen LogP contribution is 2.50. The van der Waals surface area contributed by atoms with Crippen molar-refractivity contribution < 1.29 is 9.47 Å². The van der Waals surface area contributed by atoms with Gasteiger partial charge in [-0.1, -0.05) is 6.07 Å². The van der Waals surface area contributed by atoms with Crippen molar-refractivity contribution in [2.45, 2.75) is 77.7 Å². The molecule has 154 valence electrons. The molecule has 0 spiro atoms. The lowest BCUT2D eigenvalue weighted by Gasteiger charge is -2.32. The first-order valence-electron chi connectivity index (χ1n) is 11.4. The Hall–Kier alpha value is -2.16. The van der Waals surface area contributed by atoms with Gasteiger partial charge in [-0.2, -0.15) is 0 Å². The summed E-state index contributed by atoms with van der Waals surface area (Å²) in [6.45, 7) is 8.00. The van der Waals surface area contributed by atoms with Gasteiger partial charge in [-0.25, -0.2) is 0 Å². The molecule has 2 aromatic carbocycles. The van der Waals surface area contributed by atoms with E-state index in [1.165, 1.54) is 71.2 Å². The first-order chi connectivity index (χ1) is 14.0. The van der Waals surface area contributed by atoms with E-state index in [4.69, 9.17) is 9.47 Å². The summed E-state index contributed by atoms with van der Waals surface area (Å²) in [5, 5.41) is 3.82. The Kier molecular flexibility index (Phi) is 4.72. The maximum absolute atomic E-state index is 6.30. The van der Waals surface area contributed by atoms with E-state index in [0.717, 1.165) is 30.8 Å². The average Bonchev–Trinajstić information content (AvgIpc) is 2.71. The maximum atomic E-state index is 6.30. The maximum Gasteiger partial charge on any atom is 0.169 e. The highest BCUT2D eigenvalue weighted by Gasteiger charge is 2.30. The van der Waals surface area contributed by atoms with Crippen LogP contribution in [0.4, 0.5) is 5.69 Å². The predicted octanol–water partition coefficient (Wildman–Crippen LogP) is 6.09. The van der Waals surface area contributed by atoms with Gasteiger partial charge in [0.05, 0.1) is 0 Å². The van der Waals surface area contributed by atoms with E-state index in [9.17, 15) is 0 Å². The number of rotatable bonds is 2. The molecule has 0 saturated carbocycles. The molecule has 0 bridgehead atoms. The molecule has 3 aliphatic rings. The Morgan fingerprint density at radius 3 is 2.17 bits per heavy atom. The van der Waals surface area contributed by atoms with Crippen LogP contribution in [0, 0.1) is 0 Å². The lowest BCUT2D eigenvalue weighted by atomic mass is 9.79. The van der Waals surface area contributed by atoms with E-state index in [1.54, 1.807) is 0 Å². The summed E-state index contributed by atoms with van der Waals surface area (Å²) in [5.74, 6) is 1.93. The molecule has 29 heavy (non-hydrogen) atoms. The molecule has 2 aliphatic carbocycles. The van der Waals surface area contributed by atoms with Crippen molar-refractivity contribution in [3.8, 4) is 22.6 Å². The summed E-state index contributed by atoms with van der Waals surface area (Å²) >= 11 is 0. The molecule has 3 nitrogen and oxygen atoms in total. The summed E-state index contributed by atoms with van der Waals surface area (Å²) in [6, 6.07) is 6.92. The molecule has 1 N–H and O–H groups in total. The van der Waals surface area contributed by atoms with Crippen LogP contribution in [0.5, 0.6) is 11.5 Å². The van der Waals surface area contributed by atoms with Crippen molar-refractivity contribution in [2.75, 3.05) is 18.5 Å². The molecule has 0 amide bonds. The van der Waals surface area contributed by atoms with Crippen LogP contribution in [-0.2, 0) is 25.7 Å². The van der Waals surface area contributed by atoms with Gasteiger partial charge < -0.3 is 14.8 Å². The van der Waals surface area contributed by atoms with Crippen molar-refractivity contribution in [1.82, 2.24) is 0 Å². The second-order valence-electron chi connectivity index (χ2n) is 9.83. The summed E-state index contributed by atoms with van der Waals surface area (Å²) in [4.78, 5) is 0. The third kappa shape index (κ3) is 3.49. The topological polar surface area (TPSA) is 30.5 Å². The minimum atomic E-state index is 0.00388. The molecule has 1 aliphatic heterocycles. The number of fused-ring (bicyclic) bond motifs is 3. The quantitative estimate of drug-likeness (QED) is 0.672. The molecular weight excluding hydrogens is 358 g/mol. The van der Waals surface area contributed by atoms with E-state index in [2.05, 4.69) is 44.3 Å². The van der Waals surface area contributed by atoms with Crippen LogP contribution in [0.15, 0.2) is 18.2 Å². The van der Waals surface area contributed by atoms with E-state index >= 15 is 0 Å². The Morgan fingerprint density at radius 1 is 0.759 bits per heavy atom. The van der Waals surface area contributed by atoms with E-state index in [1.807, 2.05) is 0 Å². The molecule has 0 aromatic heterocycles. The number of ether oxygens (including phenoxy) is 2. The van der Waals surface area contributed by atoms with Crippen LogP contribution in [0.3, 0.4) is 0 Å². The highest BCUT2D eigenvalue weighted by atomic mass is 16.6. The third-order valence-electron chi connectivity index (χ3n) is 6.45. The third-order valence-corrected chi connectivity index (χ3v) is 6.45. The fraction of sp³-hybridized carbons (Fsp3) is 0.538. The number of hydrogen-bond donors (Lipinski definition) is 1. The van der Waals surface area contributed by atoms with Gasteiger partial charge in [0.25, 0.3) is 0 Å². The highest BCUT2D eigenvalue weighted by molar-refractivity contribution is 5.90. The van der Waals surface area contributed by atoms with Gasteiger partial charge in [0.2, 0.25) is 0 Å². The Bertz CT molecular complexity index is 905. The SMILES string of the molecule is CC(C)(C)Nc1ccc2c(c1-c1c3c(cc4c1OCCO4)CCCC3)CCCC2. The number of aryl methyl sites for hydroxylation is 2. The number of benzene rings is 2. The van der Waals surface area contributed by atoms with Crippen LogP contribution in [-0.4, -0.2) is 18.8 Å². The summed E-state index contributed by atoms with van der Waals surface area (Å²) in [5.41, 5.74) is 9.96. The first kappa shape index (κ1) is 18.8. The van der Waals surface area contributed by atoms with Crippen LogP contribution < -0.4 is 14.8 Å². The number of anilines is 1. The van der Waals surface area contributed by atoms with Gasteiger partial charge in [0.15, 0.2) is 11.5 Å². The van der Waals surface area contributed by atoms with Crippen molar-refractivity contribution in [3.63, 3.8) is 0 Å². The van der Waals surface area contributed by atoms with Crippen molar-refractivity contribution in [1.29, 1.82) is 0 Å². The molecule has 0 fully saturated rings. The van der Waals surface area contributed by atoms with E-state index in [-0.39, 0.29) is 5.54 Å². The Balaban J connectivity index is 1.81. The van der Waals surface area contributed by atoms with Crippen LogP contribution >= 0.6 is 0 Å². The molecule has 1 heterocycles. The fourth-order valence-electron chi connectivity index (χ4n) is 5.29. The largest absolute Gasteiger partial charge is 0.486 e. The second kappa shape index (κ2) is 7.27. The molecule has 0 saturated heterocycles. The zero-order chi connectivity index (χ0) is 20.0. The summed E-state index contributed by atoms with van der Waals surface area (Å²) in [7, 11) is 0. The molecule has 2 aromatic rings.